The van der Waals surface area contributed by atoms with Crippen LogP contribution in [0.15, 0.2) is 22.8 Å². The molecule has 8 heteroatoms. The highest BCUT2D eigenvalue weighted by molar-refractivity contribution is 9.10. The van der Waals surface area contributed by atoms with Crippen molar-refractivity contribution < 1.29 is 14.3 Å². The molecule has 1 saturated heterocycles. The van der Waals surface area contributed by atoms with E-state index in [1.165, 1.54) is 0 Å². The monoisotopic (exact) mass is 436 g/mol. The van der Waals surface area contributed by atoms with Crippen LogP contribution < -0.4 is 0 Å². The van der Waals surface area contributed by atoms with Gasteiger partial charge in [0.15, 0.2) is 0 Å². The lowest BCUT2D eigenvalue weighted by Gasteiger charge is -2.26. The fourth-order valence-corrected chi connectivity index (χ4v) is 3.51. The summed E-state index contributed by atoms with van der Waals surface area (Å²) in [6, 6.07) is 3.78. The molecular weight excluding hydrogens is 412 g/mol. The Kier molecular flexibility index (Phi) is 5.46. The second-order valence-corrected chi connectivity index (χ2v) is 8.65. The minimum atomic E-state index is -0.528. The Hall–Kier alpha value is -2.09. The van der Waals surface area contributed by atoms with Crippen molar-refractivity contribution in [1.29, 1.82) is 0 Å². The molecule has 3 rings (SSSR count). The lowest BCUT2D eigenvalue weighted by Crippen LogP contribution is -2.40. The molecule has 0 spiro atoms. The molecule has 1 aliphatic heterocycles. The topological polar surface area (TPSA) is 67.2 Å². The van der Waals surface area contributed by atoms with E-state index >= 15 is 0 Å². The molecule has 0 unspecified atom stereocenters. The Morgan fingerprint density at radius 1 is 1.11 bits per heavy atom. The van der Waals surface area contributed by atoms with Gasteiger partial charge in [-0.05, 0) is 62.2 Å². The van der Waals surface area contributed by atoms with Crippen LogP contribution in [0.25, 0.3) is 5.65 Å². The van der Waals surface area contributed by atoms with Crippen molar-refractivity contribution in [2.75, 3.05) is 26.2 Å². The van der Waals surface area contributed by atoms with Crippen LogP contribution >= 0.6 is 15.9 Å². The summed E-state index contributed by atoms with van der Waals surface area (Å²) in [5.41, 5.74) is 1.48. The summed E-state index contributed by atoms with van der Waals surface area (Å²) in [5, 5.41) is 0. The van der Waals surface area contributed by atoms with Gasteiger partial charge in [0.05, 0.1) is 5.69 Å². The number of rotatable bonds is 1. The first-order chi connectivity index (χ1) is 12.7. The largest absolute Gasteiger partial charge is 0.444 e. The minimum absolute atomic E-state index is 0.0656. The van der Waals surface area contributed by atoms with Gasteiger partial charge in [-0.2, -0.15) is 0 Å². The summed E-state index contributed by atoms with van der Waals surface area (Å²) < 4.78 is 8.16. The fourth-order valence-electron chi connectivity index (χ4n) is 3.17. The SMILES string of the molecule is Cc1nc2ccc(Br)cn2c1C(=O)N1CCCN(C(=O)OC(C)(C)C)CC1. The summed E-state index contributed by atoms with van der Waals surface area (Å²) in [4.78, 5) is 33.5. The number of imidazole rings is 1. The van der Waals surface area contributed by atoms with Crippen LogP contribution in [-0.4, -0.2) is 63.0 Å². The summed E-state index contributed by atoms with van der Waals surface area (Å²) in [6.45, 7) is 9.51. The van der Waals surface area contributed by atoms with Crippen molar-refractivity contribution in [2.24, 2.45) is 0 Å². The minimum Gasteiger partial charge on any atom is -0.444 e. The normalized spacial score (nSPS) is 15.7. The molecule has 27 heavy (non-hydrogen) atoms. The molecule has 146 valence electrons. The first-order valence-corrected chi connectivity index (χ1v) is 9.86. The highest BCUT2D eigenvalue weighted by Crippen LogP contribution is 2.19. The van der Waals surface area contributed by atoms with Gasteiger partial charge >= 0.3 is 6.09 Å². The van der Waals surface area contributed by atoms with E-state index in [1.54, 1.807) is 9.80 Å². The van der Waals surface area contributed by atoms with Gasteiger partial charge in [0.1, 0.15) is 16.9 Å². The lowest BCUT2D eigenvalue weighted by atomic mass is 10.2. The first kappa shape index (κ1) is 19.7. The second kappa shape index (κ2) is 7.50. The third kappa shape index (κ3) is 4.43. The summed E-state index contributed by atoms with van der Waals surface area (Å²) in [6.07, 6.45) is 2.24. The lowest BCUT2D eigenvalue weighted by molar-refractivity contribution is 0.0255. The van der Waals surface area contributed by atoms with Gasteiger partial charge in [0.2, 0.25) is 0 Å². The molecule has 2 amide bonds. The number of halogens is 1. The Labute approximate surface area is 167 Å². The summed E-state index contributed by atoms with van der Waals surface area (Å²) in [5.74, 6) is -0.0656. The third-order valence-electron chi connectivity index (χ3n) is 4.39. The standard InChI is InChI=1S/C19H25BrN4O3/c1-13-16(24-12-14(20)6-7-15(24)21-13)17(25)22-8-5-9-23(11-10-22)18(26)27-19(2,3)4/h6-7,12H,5,8-11H2,1-4H3. The van der Waals surface area contributed by atoms with Gasteiger partial charge in [0, 0.05) is 36.8 Å². The van der Waals surface area contributed by atoms with Gasteiger partial charge in [-0.1, -0.05) is 0 Å². The number of hydrogen-bond acceptors (Lipinski definition) is 4. The number of amides is 2. The highest BCUT2D eigenvalue weighted by atomic mass is 79.9. The van der Waals surface area contributed by atoms with Gasteiger partial charge in [0.25, 0.3) is 5.91 Å². The van der Waals surface area contributed by atoms with E-state index in [-0.39, 0.29) is 12.0 Å². The zero-order valence-electron chi connectivity index (χ0n) is 16.2. The van der Waals surface area contributed by atoms with E-state index in [0.29, 0.717) is 44.0 Å². The molecule has 7 nitrogen and oxygen atoms in total. The van der Waals surface area contributed by atoms with E-state index in [0.717, 1.165) is 10.1 Å². The van der Waals surface area contributed by atoms with E-state index < -0.39 is 5.60 Å². The van der Waals surface area contributed by atoms with E-state index in [9.17, 15) is 9.59 Å². The maximum Gasteiger partial charge on any atom is 0.410 e. The van der Waals surface area contributed by atoms with Crippen molar-refractivity contribution in [2.45, 2.75) is 39.7 Å². The van der Waals surface area contributed by atoms with E-state index in [2.05, 4.69) is 20.9 Å². The Balaban J connectivity index is 1.76. The van der Waals surface area contributed by atoms with Crippen LogP contribution in [0.5, 0.6) is 0 Å². The number of pyridine rings is 1. The molecule has 1 aliphatic rings. The van der Waals surface area contributed by atoms with Crippen molar-refractivity contribution in [3.8, 4) is 0 Å². The number of ether oxygens (including phenoxy) is 1. The van der Waals surface area contributed by atoms with Crippen LogP contribution in [0.2, 0.25) is 0 Å². The molecular formula is C19H25BrN4O3. The summed E-state index contributed by atoms with van der Waals surface area (Å²) >= 11 is 3.45. The Morgan fingerprint density at radius 3 is 2.48 bits per heavy atom. The zero-order valence-corrected chi connectivity index (χ0v) is 17.7. The van der Waals surface area contributed by atoms with Gasteiger partial charge in [-0.15, -0.1) is 0 Å². The number of carbonyl (C=O) groups is 2. The van der Waals surface area contributed by atoms with Crippen molar-refractivity contribution in [1.82, 2.24) is 19.2 Å². The molecule has 2 aromatic heterocycles. The van der Waals surface area contributed by atoms with Gasteiger partial charge in [-0.3, -0.25) is 9.20 Å². The van der Waals surface area contributed by atoms with Crippen LogP contribution in [-0.2, 0) is 4.74 Å². The van der Waals surface area contributed by atoms with Crippen LogP contribution in [0.3, 0.4) is 0 Å². The predicted octanol–water partition coefficient (Wildman–Crippen LogP) is 3.49. The summed E-state index contributed by atoms with van der Waals surface area (Å²) in [7, 11) is 0. The molecule has 1 fully saturated rings. The number of carbonyl (C=O) groups excluding carboxylic acids is 2. The number of hydrogen-bond donors (Lipinski definition) is 0. The quantitative estimate of drug-likeness (QED) is 0.685. The average molecular weight is 437 g/mol. The first-order valence-electron chi connectivity index (χ1n) is 9.07. The van der Waals surface area contributed by atoms with Crippen LogP contribution in [0, 0.1) is 6.92 Å². The number of nitrogens with zero attached hydrogens (tertiary/aromatic N) is 4. The number of fused-ring (bicyclic) bond motifs is 1. The highest BCUT2D eigenvalue weighted by Gasteiger charge is 2.28. The van der Waals surface area contributed by atoms with Gasteiger partial charge < -0.3 is 14.5 Å². The molecule has 0 N–H and O–H groups in total. The smallest absolute Gasteiger partial charge is 0.410 e. The van der Waals surface area contributed by atoms with Gasteiger partial charge in [-0.25, -0.2) is 9.78 Å². The predicted molar refractivity (Wildman–Crippen MR) is 106 cm³/mol. The Bertz CT molecular complexity index is 872. The fraction of sp³-hybridized carbons (Fsp3) is 0.526. The van der Waals surface area contributed by atoms with Crippen LogP contribution in [0.1, 0.15) is 43.4 Å². The van der Waals surface area contributed by atoms with Crippen molar-refractivity contribution in [3.63, 3.8) is 0 Å². The maximum atomic E-state index is 13.2. The van der Waals surface area contributed by atoms with Crippen molar-refractivity contribution >= 4 is 33.6 Å². The molecule has 0 atom stereocenters. The average Bonchev–Trinajstić information content (AvgIpc) is 2.74. The number of aromatic nitrogens is 2. The maximum absolute atomic E-state index is 13.2. The molecule has 3 heterocycles. The molecule has 0 aliphatic carbocycles. The van der Waals surface area contributed by atoms with E-state index in [1.807, 2.05) is 50.4 Å². The Morgan fingerprint density at radius 2 is 1.78 bits per heavy atom. The second-order valence-electron chi connectivity index (χ2n) is 7.73. The van der Waals surface area contributed by atoms with E-state index in [4.69, 9.17) is 4.74 Å². The molecule has 0 bridgehead atoms. The third-order valence-corrected chi connectivity index (χ3v) is 4.86. The molecule has 0 radical (unpaired) electrons. The zero-order chi connectivity index (χ0) is 19.8. The molecule has 0 aromatic carbocycles. The molecule has 2 aromatic rings. The van der Waals surface area contributed by atoms with Crippen molar-refractivity contribution in [3.05, 3.63) is 34.2 Å². The number of aryl methyl sites for hydroxylation is 1. The van der Waals surface area contributed by atoms with Crippen LogP contribution in [0.4, 0.5) is 4.79 Å². The molecule has 0 saturated carbocycles.